The van der Waals surface area contributed by atoms with Gasteiger partial charge in [-0.2, -0.15) is 0 Å². The van der Waals surface area contributed by atoms with Gasteiger partial charge in [0.05, 0.1) is 12.5 Å². The quantitative estimate of drug-likeness (QED) is 0.119. The maximum absolute atomic E-state index is 13.9. The fourth-order valence-electron chi connectivity index (χ4n) is 6.03. The summed E-state index contributed by atoms with van der Waals surface area (Å²) in [5.41, 5.74) is 17.6. The Morgan fingerprint density at radius 1 is 0.836 bits per heavy atom. The zero-order valence-electron chi connectivity index (χ0n) is 31.2. The van der Waals surface area contributed by atoms with Crippen LogP contribution in [-0.4, -0.2) is 118 Å². The third-order valence-electron chi connectivity index (χ3n) is 9.51. The number of rotatable bonds is 10. The van der Waals surface area contributed by atoms with Crippen molar-refractivity contribution in [2.45, 2.75) is 108 Å². The van der Waals surface area contributed by atoms with E-state index in [9.17, 15) is 43.5 Å². The molecule has 8 atom stereocenters. The van der Waals surface area contributed by atoms with Crippen molar-refractivity contribution >= 4 is 68.8 Å². The summed E-state index contributed by atoms with van der Waals surface area (Å²) in [7, 11) is 2.33. The number of hydrogen-bond acceptors (Lipinski definition) is 12. The van der Waals surface area contributed by atoms with Crippen molar-refractivity contribution in [1.29, 1.82) is 0 Å². The number of hydrogen-bond donors (Lipinski definition) is 9. The van der Waals surface area contributed by atoms with Gasteiger partial charge in [0.15, 0.2) is 0 Å². The molecule has 8 amide bonds. The molecule has 1 aromatic rings. The molecule has 0 aliphatic carbocycles. The lowest BCUT2D eigenvalue weighted by atomic mass is 9.96. The Bertz CT molecular complexity index is 1570. The van der Waals surface area contributed by atoms with Crippen molar-refractivity contribution in [3.05, 3.63) is 29.8 Å². The number of amides is 8. The summed E-state index contributed by atoms with van der Waals surface area (Å²) in [5, 5.41) is 22.8. The summed E-state index contributed by atoms with van der Waals surface area (Å²) in [6.07, 6.45) is 0.564. The van der Waals surface area contributed by atoms with E-state index in [4.69, 9.17) is 17.2 Å². The zero-order valence-corrected chi connectivity index (χ0v) is 32.8. The van der Waals surface area contributed by atoms with Crippen LogP contribution in [0, 0.1) is 5.92 Å². The van der Waals surface area contributed by atoms with Gasteiger partial charge in [0.25, 0.3) is 0 Å². The molecule has 3 rings (SSSR count). The molecule has 2 aliphatic rings. The number of carbonyl (C=O) groups is 8. The van der Waals surface area contributed by atoms with Crippen LogP contribution in [-0.2, 0) is 44.8 Å². The number of phenols is 1. The molecule has 2 aliphatic heterocycles. The molecule has 18 nitrogen and oxygen atoms in total. The van der Waals surface area contributed by atoms with Crippen molar-refractivity contribution in [1.82, 2.24) is 31.5 Å². The second-order valence-corrected chi connectivity index (χ2v) is 16.4. The predicted octanol–water partition coefficient (Wildman–Crippen LogP) is -1.72. The van der Waals surface area contributed by atoms with E-state index in [0.717, 1.165) is 34.4 Å². The van der Waals surface area contributed by atoms with Crippen LogP contribution in [0.3, 0.4) is 0 Å². The van der Waals surface area contributed by atoms with Gasteiger partial charge in [0.2, 0.25) is 47.3 Å². The number of nitrogens with zero attached hydrogens (tertiary/aromatic N) is 1. The van der Waals surface area contributed by atoms with E-state index in [1.807, 2.05) is 6.92 Å². The number of carbonyl (C=O) groups excluding carboxylic acids is 8. The normalized spacial score (nSPS) is 27.1. The summed E-state index contributed by atoms with van der Waals surface area (Å²) in [5.74, 6) is -6.63. The summed E-state index contributed by atoms with van der Waals surface area (Å²) in [4.78, 5) is 108. The van der Waals surface area contributed by atoms with Crippen molar-refractivity contribution in [3.8, 4) is 5.75 Å². The molecule has 1 unspecified atom stereocenters. The van der Waals surface area contributed by atoms with E-state index >= 15 is 0 Å². The third-order valence-corrected chi connectivity index (χ3v) is 12.0. The average Bonchev–Trinajstić information content (AvgIpc) is 3.57. The first-order valence-electron chi connectivity index (χ1n) is 18.2. The largest absolute Gasteiger partial charge is 0.508 e. The lowest BCUT2D eigenvalue weighted by Gasteiger charge is -2.30. The monoisotopic (exact) mass is 807 g/mol. The number of likely N-dealkylation sites (tertiary alicyclic amines) is 1. The summed E-state index contributed by atoms with van der Waals surface area (Å²) in [6.45, 7) is 5.82. The molecule has 2 heterocycles. The Labute approximate surface area is 327 Å². The minimum absolute atomic E-state index is 0.00665. The van der Waals surface area contributed by atoms with Gasteiger partial charge in [-0.05, 0) is 49.8 Å². The lowest BCUT2D eigenvalue weighted by Crippen LogP contribution is -2.61. The topological polar surface area (TPSA) is 298 Å². The second-order valence-electron chi connectivity index (χ2n) is 13.9. The molecular weight excluding hydrogens is 755 g/mol. The van der Waals surface area contributed by atoms with Crippen LogP contribution in [0.4, 0.5) is 0 Å². The minimum Gasteiger partial charge on any atom is -0.508 e. The van der Waals surface area contributed by atoms with Crippen LogP contribution >= 0.6 is 21.6 Å². The SMILES string of the molecule is CCC(C)[C@@H]1NC(=O)[C@H](Cc2ccc(O)cc2)NC(=O)[C@@H](N)CSSC[C@@H](C(=O)N2CCC[C@H]2C)NC(=O)[C@H](CC(N)=O)NC(=O)[C@H](CCC(N)=O)NC1=O. The fourth-order valence-corrected chi connectivity index (χ4v) is 8.31. The molecule has 2 saturated heterocycles. The highest BCUT2D eigenvalue weighted by molar-refractivity contribution is 8.76. The predicted molar refractivity (Wildman–Crippen MR) is 206 cm³/mol. The zero-order chi connectivity index (χ0) is 40.8. The Kier molecular flexibility index (Phi) is 17.5. The van der Waals surface area contributed by atoms with E-state index in [-0.39, 0.29) is 48.5 Å². The van der Waals surface area contributed by atoms with Crippen LogP contribution in [0.25, 0.3) is 0 Å². The Morgan fingerprint density at radius 2 is 1.44 bits per heavy atom. The Morgan fingerprint density at radius 3 is 2.04 bits per heavy atom. The Balaban J connectivity index is 2.03. The number of nitrogens with one attached hydrogen (secondary N) is 5. The maximum Gasteiger partial charge on any atom is 0.246 e. The molecule has 0 radical (unpaired) electrons. The number of aromatic hydroxyl groups is 1. The number of phenolic OH excluding ortho intramolecular Hbond substituents is 1. The number of nitrogens with two attached hydrogens (primary N) is 3. The Hall–Kier alpha value is -4.56. The van der Waals surface area contributed by atoms with Crippen LogP contribution in [0.2, 0.25) is 0 Å². The second kappa shape index (κ2) is 21.5. The van der Waals surface area contributed by atoms with Crippen LogP contribution in [0.5, 0.6) is 5.75 Å². The highest BCUT2D eigenvalue weighted by Crippen LogP contribution is 2.25. The third kappa shape index (κ3) is 13.9. The van der Waals surface area contributed by atoms with Crippen molar-refractivity contribution in [2.24, 2.45) is 23.1 Å². The fraction of sp³-hybridized carbons (Fsp3) is 0.600. The molecule has 0 saturated carbocycles. The van der Waals surface area contributed by atoms with Gasteiger partial charge in [0.1, 0.15) is 36.0 Å². The highest BCUT2D eigenvalue weighted by atomic mass is 33.1. The van der Waals surface area contributed by atoms with Gasteiger partial charge in [-0.3, -0.25) is 38.4 Å². The van der Waals surface area contributed by atoms with E-state index in [1.165, 1.54) is 12.1 Å². The summed E-state index contributed by atoms with van der Waals surface area (Å²) >= 11 is 0. The van der Waals surface area contributed by atoms with E-state index in [1.54, 1.807) is 30.9 Å². The highest BCUT2D eigenvalue weighted by Gasteiger charge is 2.37. The molecule has 2 fully saturated rings. The van der Waals surface area contributed by atoms with Gasteiger partial charge >= 0.3 is 0 Å². The number of benzene rings is 1. The molecule has 20 heteroatoms. The van der Waals surface area contributed by atoms with Crippen LogP contribution in [0.15, 0.2) is 24.3 Å². The van der Waals surface area contributed by atoms with Crippen LogP contribution in [0.1, 0.15) is 64.9 Å². The lowest BCUT2D eigenvalue weighted by molar-refractivity contribution is -0.138. The average molecular weight is 808 g/mol. The van der Waals surface area contributed by atoms with E-state index < -0.39 is 89.9 Å². The maximum atomic E-state index is 13.9. The van der Waals surface area contributed by atoms with Crippen molar-refractivity contribution in [2.75, 3.05) is 18.1 Å². The molecule has 0 spiro atoms. The van der Waals surface area contributed by atoms with Crippen molar-refractivity contribution < 1.29 is 43.5 Å². The summed E-state index contributed by atoms with van der Waals surface area (Å²) < 4.78 is 0. The first kappa shape index (κ1) is 44.8. The molecule has 55 heavy (non-hydrogen) atoms. The first-order valence-corrected chi connectivity index (χ1v) is 20.7. The van der Waals surface area contributed by atoms with Gasteiger partial charge in [-0.1, -0.05) is 54.0 Å². The summed E-state index contributed by atoms with van der Waals surface area (Å²) in [6, 6.07) is -1.87. The van der Waals surface area contributed by atoms with E-state index in [2.05, 4.69) is 26.6 Å². The van der Waals surface area contributed by atoms with Gasteiger partial charge in [-0.15, -0.1) is 0 Å². The smallest absolute Gasteiger partial charge is 0.246 e. The molecule has 304 valence electrons. The standard InChI is InChI=1S/C35H53N9O9S2/c1-4-18(2)29-34(52)39-23(11-12-27(37)46)31(49)41-25(15-28(38)47)32(50)42-26(35(53)44-13-5-6-19(44)3)17-55-54-16-22(36)30(48)40-24(33(51)43-29)14-20-7-9-21(45)10-8-20/h7-10,18-19,22-26,29,45H,4-6,11-17,36H2,1-3H3,(H2,37,46)(H2,38,47)(H,39,52)(H,40,48)(H,41,49)(H,42,50)(H,43,51)/t18?,19-,22+,23+,24+,25+,26+,29+/m1/s1. The first-order chi connectivity index (χ1) is 26.0. The molecule has 12 N–H and O–H groups in total. The molecular formula is C35H53N9O9S2. The molecule has 0 aromatic heterocycles. The van der Waals surface area contributed by atoms with Crippen molar-refractivity contribution in [3.63, 3.8) is 0 Å². The molecule has 0 bridgehead atoms. The van der Waals surface area contributed by atoms with Gasteiger partial charge in [0, 0.05) is 36.9 Å². The minimum atomic E-state index is -1.57. The van der Waals surface area contributed by atoms with E-state index in [0.29, 0.717) is 18.5 Å². The number of primary amides is 2. The van der Waals surface area contributed by atoms with Gasteiger partial charge < -0.3 is 53.8 Å². The molecule has 1 aromatic carbocycles. The van der Waals surface area contributed by atoms with Crippen LogP contribution < -0.4 is 43.8 Å². The van der Waals surface area contributed by atoms with Gasteiger partial charge in [-0.25, -0.2) is 0 Å².